The van der Waals surface area contributed by atoms with Crippen LogP contribution in [-0.2, 0) is 4.79 Å². The molecule has 3 atom stereocenters. The summed E-state index contributed by atoms with van der Waals surface area (Å²) < 4.78 is 0. The van der Waals surface area contributed by atoms with E-state index >= 15 is 0 Å². The van der Waals surface area contributed by atoms with Crippen molar-refractivity contribution < 1.29 is 9.90 Å². The van der Waals surface area contributed by atoms with E-state index in [0.29, 0.717) is 12.1 Å². The largest absolute Gasteiger partial charge is 0.481 e. The molecule has 4 nitrogen and oxygen atoms in total. The van der Waals surface area contributed by atoms with E-state index in [1.54, 1.807) is 0 Å². The number of carbonyl (C=O) groups is 1. The molecule has 1 N–H and O–H groups in total. The molecule has 4 heteroatoms. The second-order valence-electron chi connectivity index (χ2n) is 6.17. The third-order valence-corrected chi connectivity index (χ3v) is 4.98. The Bertz CT molecular complexity index is 309. The number of rotatable bonds is 3. The quantitative estimate of drug-likeness (QED) is 0.851. The molecule has 2 saturated heterocycles. The van der Waals surface area contributed by atoms with Gasteiger partial charge < -0.3 is 10.0 Å². The number of nitrogens with zero attached hydrogens (tertiary/aromatic N) is 2. The first-order valence-electron chi connectivity index (χ1n) is 7.82. The summed E-state index contributed by atoms with van der Waals surface area (Å²) in [6.45, 7) is 9.00. The molecule has 2 aliphatic heterocycles. The van der Waals surface area contributed by atoms with E-state index in [-0.39, 0.29) is 5.92 Å². The van der Waals surface area contributed by atoms with Gasteiger partial charge in [-0.15, -0.1) is 0 Å². The van der Waals surface area contributed by atoms with Crippen molar-refractivity contribution in [2.24, 2.45) is 5.92 Å². The molecule has 0 bridgehead atoms. The minimum atomic E-state index is -0.607. The van der Waals surface area contributed by atoms with Gasteiger partial charge in [0.05, 0.1) is 5.92 Å². The predicted octanol–water partition coefficient (Wildman–Crippen LogP) is 2.05. The average Bonchev–Trinajstić information content (AvgIpc) is 2.63. The highest BCUT2D eigenvalue weighted by Gasteiger charge is 2.33. The fourth-order valence-electron chi connectivity index (χ4n) is 3.74. The molecule has 0 spiro atoms. The summed E-state index contributed by atoms with van der Waals surface area (Å²) in [5, 5.41) is 9.14. The van der Waals surface area contributed by atoms with Crippen LogP contribution in [0.25, 0.3) is 0 Å². The number of carboxylic acids is 1. The van der Waals surface area contributed by atoms with Gasteiger partial charge in [-0.2, -0.15) is 0 Å². The third kappa shape index (κ3) is 3.69. The van der Waals surface area contributed by atoms with Crippen LogP contribution in [0, 0.1) is 5.92 Å². The van der Waals surface area contributed by atoms with Crippen molar-refractivity contribution in [3.05, 3.63) is 0 Å². The lowest BCUT2D eigenvalue weighted by Gasteiger charge is -2.41. The molecular formula is C15H28N2O2. The minimum absolute atomic E-state index is 0.121. The maximum atomic E-state index is 11.1. The number of hydrogen-bond donors (Lipinski definition) is 1. The smallest absolute Gasteiger partial charge is 0.306 e. The molecule has 0 aromatic heterocycles. The minimum Gasteiger partial charge on any atom is -0.481 e. The van der Waals surface area contributed by atoms with Gasteiger partial charge in [0.2, 0.25) is 0 Å². The SMILES string of the molecule is CCN1CCCC(N2CCC(C(=O)O)CC2C)CC1. The normalized spacial score (nSPS) is 34.9. The molecule has 3 unspecified atom stereocenters. The Morgan fingerprint density at radius 2 is 2.00 bits per heavy atom. The van der Waals surface area contributed by atoms with Gasteiger partial charge in [0, 0.05) is 12.1 Å². The standard InChI is InChI=1S/C15H28N2O2/c1-3-16-8-4-5-14(7-9-16)17-10-6-13(15(18)19)11-12(17)2/h12-14H,3-11H2,1-2H3,(H,18,19). The van der Waals surface area contributed by atoms with Gasteiger partial charge >= 0.3 is 5.97 Å². The maximum Gasteiger partial charge on any atom is 0.306 e. The molecule has 0 aliphatic carbocycles. The van der Waals surface area contributed by atoms with Gasteiger partial charge in [-0.25, -0.2) is 0 Å². The second kappa shape index (κ2) is 6.71. The van der Waals surface area contributed by atoms with E-state index in [9.17, 15) is 4.79 Å². The first-order valence-corrected chi connectivity index (χ1v) is 7.82. The number of aliphatic carboxylic acids is 1. The first-order chi connectivity index (χ1) is 9.11. The van der Waals surface area contributed by atoms with Crippen LogP contribution in [-0.4, -0.2) is 59.1 Å². The van der Waals surface area contributed by atoms with Crippen LogP contribution in [0.2, 0.25) is 0 Å². The van der Waals surface area contributed by atoms with Gasteiger partial charge in [-0.05, 0) is 65.2 Å². The first kappa shape index (κ1) is 14.8. The monoisotopic (exact) mass is 268 g/mol. The van der Waals surface area contributed by atoms with Crippen molar-refractivity contribution in [3.8, 4) is 0 Å². The molecule has 0 saturated carbocycles. The molecule has 0 aromatic carbocycles. The molecule has 0 aromatic rings. The number of piperidine rings is 1. The Kier molecular flexibility index (Phi) is 5.22. The highest BCUT2D eigenvalue weighted by molar-refractivity contribution is 5.70. The van der Waals surface area contributed by atoms with Crippen molar-refractivity contribution in [2.45, 2.75) is 58.0 Å². The van der Waals surface area contributed by atoms with Gasteiger partial charge in [0.15, 0.2) is 0 Å². The van der Waals surface area contributed by atoms with Crippen LogP contribution in [0.4, 0.5) is 0 Å². The summed E-state index contributed by atoms with van der Waals surface area (Å²) in [5.74, 6) is -0.728. The Hall–Kier alpha value is -0.610. The van der Waals surface area contributed by atoms with E-state index in [1.807, 2.05) is 0 Å². The molecule has 19 heavy (non-hydrogen) atoms. The molecule has 110 valence electrons. The zero-order valence-electron chi connectivity index (χ0n) is 12.3. The summed E-state index contributed by atoms with van der Waals surface area (Å²) in [4.78, 5) is 16.2. The molecule has 2 aliphatic rings. The van der Waals surface area contributed by atoms with Crippen LogP contribution >= 0.6 is 0 Å². The molecule has 0 radical (unpaired) electrons. The van der Waals surface area contributed by atoms with E-state index in [0.717, 1.165) is 25.9 Å². The van der Waals surface area contributed by atoms with E-state index in [4.69, 9.17) is 5.11 Å². The Balaban J connectivity index is 1.90. The Morgan fingerprint density at radius 1 is 1.21 bits per heavy atom. The highest BCUT2D eigenvalue weighted by Crippen LogP contribution is 2.28. The third-order valence-electron chi connectivity index (χ3n) is 4.98. The van der Waals surface area contributed by atoms with Crippen molar-refractivity contribution in [2.75, 3.05) is 26.2 Å². The van der Waals surface area contributed by atoms with Crippen molar-refractivity contribution >= 4 is 5.97 Å². The maximum absolute atomic E-state index is 11.1. The van der Waals surface area contributed by atoms with E-state index < -0.39 is 5.97 Å². The summed E-state index contributed by atoms with van der Waals surface area (Å²) in [6, 6.07) is 1.09. The van der Waals surface area contributed by atoms with Crippen LogP contribution in [0.3, 0.4) is 0 Å². The van der Waals surface area contributed by atoms with Crippen LogP contribution in [0.5, 0.6) is 0 Å². The summed E-state index contributed by atoms with van der Waals surface area (Å²) in [6.07, 6.45) is 5.45. The lowest BCUT2D eigenvalue weighted by atomic mass is 9.89. The number of likely N-dealkylation sites (tertiary alicyclic amines) is 2. The Morgan fingerprint density at radius 3 is 2.63 bits per heavy atom. The topological polar surface area (TPSA) is 43.8 Å². The second-order valence-corrected chi connectivity index (χ2v) is 6.17. The molecule has 0 amide bonds. The Labute approximate surface area is 116 Å². The summed E-state index contributed by atoms with van der Waals surface area (Å²) in [5.41, 5.74) is 0. The zero-order chi connectivity index (χ0) is 13.8. The lowest BCUT2D eigenvalue weighted by Crippen LogP contribution is -2.48. The lowest BCUT2D eigenvalue weighted by molar-refractivity contribution is -0.144. The molecule has 2 fully saturated rings. The van der Waals surface area contributed by atoms with Gasteiger partial charge in [-0.3, -0.25) is 9.69 Å². The average molecular weight is 268 g/mol. The molecule has 2 heterocycles. The van der Waals surface area contributed by atoms with E-state index in [2.05, 4.69) is 23.6 Å². The van der Waals surface area contributed by atoms with Crippen LogP contribution in [0.15, 0.2) is 0 Å². The molecule has 2 rings (SSSR count). The predicted molar refractivity (Wildman–Crippen MR) is 76.3 cm³/mol. The number of carboxylic acid groups (broad SMARTS) is 1. The summed E-state index contributed by atoms with van der Waals surface area (Å²) in [7, 11) is 0. The van der Waals surface area contributed by atoms with Gasteiger partial charge in [0.1, 0.15) is 0 Å². The van der Waals surface area contributed by atoms with Gasteiger partial charge in [0.25, 0.3) is 0 Å². The van der Waals surface area contributed by atoms with Gasteiger partial charge in [-0.1, -0.05) is 6.92 Å². The fraction of sp³-hybridized carbons (Fsp3) is 0.933. The van der Waals surface area contributed by atoms with Crippen molar-refractivity contribution in [3.63, 3.8) is 0 Å². The van der Waals surface area contributed by atoms with Crippen LogP contribution in [0.1, 0.15) is 46.0 Å². The van der Waals surface area contributed by atoms with Crippen LogP contribution < -0.4 is 0 Å². The van der Waals surface area contributed by atoms with Crippen molar-refractivity contribution in [1.82, 2.24) is 9.80 Å². The highest BCUT2D eigenvalue weighted by atomic mass is 16.4. The molecular weight excluding hydrogens is 240 g/mol. The fourth-order valence-corrected chi connectivity index (χ4v) is 3.74. The summed E-state index contributed by atoms with van der Waals surface area (Å²) >= 11 is 0. The number of hydrogen-bond acceptors (Lipinski definition) is 3. The zero-order valence-corrected chi connectivity index (χ0v) is 12.3. The van der Waals surface area contributed by atoms with Crippen molar-refractivity contribution in [1.29, 1.82) is 0 Å². The van der Waals surface area contributed by atoms with E-state index in [1.165, 1.54) is 32.4 Å².